The van der Waals surface area contributed by atoms with E-state index in [0.29, 0.717) is 5.89 Å². The van der Waals surface area contributed by atoms with E-state index in [9.17, 15) is 4.79 Å². The summed E-state index contributed by atoms with van der Waals surface area (Å²) < 4.78 is 5.86. The van der Waals surface area contributed by atoms with E-state index in [4.69, 9.17) is 9.40 Å². The van der Waals surface area contributed by atoms with Crippen LogP contribution in [-0.2, 0) is 24.1 Å². The lowest BCUT2D eigenvalue weighted by Gasteiger charge is -2.13. The quantitative estimate of drug-likeness (QED) is 0.343. The number of aryl methyl sites for hydroxylation is 3. The fraction of sp³-hybridized carbons (Fsp3) is 0.333. The molecule has 1 aromatic heterocycles. The van der Waals surface area contributed by atoms with Crippen LogP contribution < -0.4 is 0 Å². The van der Waals surface area contributed by atoms with Crippen molar-refractivity contribution >= 4 is 5.78 Å². The number of aromatic nitrogens is 1. The van der Waals surface area contributed by atoms with Crippen molar-refractivity contribution in [2.24, 2.45) is 5.92 Å². The number of hydrogen-bond donors (Lipinski definition) is 0. The highest BCUT2D eigenvalue weighted by Gasteiger charge is 2.14. The monoisotopic (exact) mass is 401 g/mol. The zero-order chi connectivity index (χ0) is 21.3. The topological polar surface area (TPSA) is 43.1 Å². The van der Waals surface area contributed by atoms with Crippen molar-refractivity contribution in [3.8, 4) is 11.5 Å². The van der Waals surface area contributed by atoms with Gasteiger partial charge in [0, 0.05) is 11.5 Å². The van der Waals surface area contributed by atoms with Crippen molar-refractivity contribution in [1.82, 2.24) is 4.98 Å². The SMILES string of the molecule is C=CCCC(Cc1ccc(CCCc2nc(-c3ccccc3)oc2C)cc1)C(C)=O. The molecule has 1 atom stereocenters. The second-order valence-electron chi connectivity index (χ2n) is 7.94. The number of oxazole rings is 1. The molecule has 0 aliphatic rings. The molecule has 30 heavy (non-hydrogen) atoms. The van der Waals surface area contributed by atoms with E-state index in [1.54, 1.807) is 6.92 Å². The third-order valence-corrected chi connectivity index (χ3v) is 5.59. The first-order chi connectivity index (χ1) is 14.6. The number of nitrogens with zero attached hydrogens (tertiary/aromatic N) is 1. The van der Waals surface area contributed by atoms with Gasteiger partial charge in [0.15, 0.2) is 0 Å². The van der Waals surface area contributed by atoms with Crippen LogP contribution in [0.1, 0.15) is 48.8 Å². The van der Waals surface area contributed by atoms with Crippen LogP contribution in [0, 0.1) is 12.8 Å². The van der Waals surface area contributed by atoms with E-state index in [1.165, 1.54) is 11.1 Å². The molecule has 0 aliphatic heterocycles. The summed E-state index contributed by atoms with van der Waals surface area (Å²) in [5, 5.41) is 0. The van der Waals surface area contributed by atoms with Gasteiger partial charge in [0.05, 0.1) is 5.69 Å². The van der Waals surface area contributed by atoms with Crippen LogP contribution in [0.2, 0.25) is 0 Å². The molecule has 0 amide bonds. The number of benzene rings is 2. The van der Waals surface area contributed by atoms with Crippen molar-refractivity contribution in [1.29, 1.82) is 0 Å². The fourth-order valence-corrected chi connectivity index (χ4v) is 3.72. The summed E-state index contributed by atoms with van der Waals surface area (Å²) in [6.07, 6.45) is 7.38. The Balaban J connectivity index is 1.53. The van der Waals surface area contributed by atoms with Crippen molar-refractivity contribution in [2.45, 2.75) is 52.4 Å². The minimum Gasteiger partial charge on any atom is -0.441 e. The van der Waals surface area contributed by atoms with E-state index >= 15 is 0 Å². The molecule has 1 unspecified atom stereocenters. The fourth-order valence-electron chi connectivity index (χ4n) is 3.72. The van der Waals surface area contributed by atoms with Crippen molar-refractivity contribution < 1.29 is 9.21 Å². The molecule has 0 bridgehead atoms. The molecule has 3 heteroatoms. The smallest absolute Gasteiger partial charge is 0.226 e. The Labute approximate surface area is 179 Å². The van der Waals surface area contributed by atoms with Crippen LogP contribution in [0.15, 0.2) is 71.7 Å². The highest BCUT2D eigenvalue weighted by molar-refractivity contribution is 5.78. The number of carbonyl (C=O) groups excluding carboxylic acids is 1. The first-order valence-electron chi connectivity index (χ1n) is 10.8. The van der Waals surface area contributed by atoms with Gasteiger partial charge in [0.2, 0.25) is 5.89 Å². The normalized spacial score (nSPS) is 11.9. The van der Waals surface area contributed by atoms with E-state index in [2.05, 4.69) is 30.8 Å². The van der Waals surface area contributed by atoms with Gasteiger partial charge in [-0.2, -0.15) is 0 Å². The van der Waals surface area contributed by atoms with Crippen LogP contribution in [0.4, 0.5) is 0 Å². The van der Waals surface area contributed by atoms with Gasteiger partial charge in [-0.05, 0) is 75.6 Å². The number of rotatable bonds is 11. The summed E-state index contributed by atoms with van der Waals surface area (Å²) in [6, 6.07) is 18.7. The molecule has 0 radical (unpaired) electrons. The first-order valence-corrected chi connectivity index (χ1v) is 10.8. The molecule has 3 rings (SSSR count). The first kappa shape index (κ1) is 21.8. The molecule has 0 N–H and O–H groups in total. The van der Waals surface area contributed by atoms with Gasteiger partial charge < -0.3 is 4.42 Å². The highest BCUT2D eigenvalue weighted by Crippen LogP contribution is 2.23. The molecule has 3 nitrogen and oxygen atoms in total. The molecule has 0 fully saturated rings. The summed E-state index contributed by atoms with van der Waals surface area (Å²) in [4.78, 5) is 16.6. The lowest BCUT2D eigenvalue weighted by molar-refractivity contribution is -0.120. The predicted octanol–water partition coefficient (Wildman–Crippen LogP) is 6.54. The lowest BCUT2D eigenvalue weighted by atomic mass is 9.91. The highest BCUT2D eigenvalue weighted by atomic mass is 16.4. The Morgan fingerprint density at radius 1 is 1.07 bits per heavy atom. The van der Waals surface area contributed by atoms with Crippen LogP contribution in [-0.4, -0.2) is 10.8 Å². The number of ketones is 1. The largest absolute Gasteiger partial charge is 0.441 e. The number of Topliss-reactive ketones (excluding diaryl/α,β-unsaturated/α-hetero) is 1. The van der Waals surface area contributed by atoms with Crippen molar-refractivity contribution in [2.75, 3.05) is 0 Å². The molecule has 0 saturated carbocycles. The van der Waals surface area contributed by atoms with Crippen molar-refractivity contribution in [3.05, 3.63) is 89.8 Å². The van der Waals surface area contributed by atoms with E-state index < -0.39 is 0 Å². The van der Waals surface area contributed by atoms with E-state index in [1.807, 2.05) is 43.3 Å². The summed E-state index contributed by atoms with van der Waals surface area (Å²) in [6.45, 7) is 7.44. The molecule has 2 aromatic carbocycles. The van der Waals surface area contributed by atoms with E-state index in [-0.39, 0.29) is 11.7 Å². The van der Waals surface area contributed by atoms with Crippen LogP contribution >= 0.6 is 0 Å². The maximum Gasteiger partial charge on any atom is 0.226 e. The predicted molar refractivity (Wildman–Crippen MR) is 122 cm³/mol. The molecule has 3 aromatic rings. The molecule has 0 spiro atoms. The van der Waals surface area contributed by atoms with Gasteiger partial charge in [-0.15, -0.1) is 6.58 Å². The average Bonchev–Trinajstić information content (AvgIpc) is 3.13. The van der Waals surface area contributed by atoms with Crippen LogP contribution in [0.5, 0.6) is 0 Å². The Kier molecular flexibility index (Phi) is 7.78. The molecule has 0 aliphatic carbocycles. The van der Waals surface area contributed by atoms with Crippen LogP contribution in [0.3, 0.4) is 0 Å². The molecular formula is C27H31NO2. The van der Waals surface area contributed by atoms with Gasteiger partial charge in [-0.25, -0.2) is 4.98 Å². The average molecular weight is 402 g/mol. The summed E-state index contributed by atoms with van der Waals surface area (Å²) in [7, 11) is 0. The maximum atomic E-state index is 11.9. The summed E-state index contributed by atoms with van der Waals surface area (Å²) >= 11 is 0. The lowest BCUT2D eigenvalue weighted by Crippen LogP contribution is -2.13. The van der Waals surface area contributed by atoms with Gasteiger partial charge in [-0.1, -0.05) is 48.5 Å². The number of carbonyl (C=O) groups is 1. The molecule has 0 saturated heterocycles. The van der Waals surface area contributed by atoms with Crippen LogP contribution in [0.25, 0.3) is 11.5 Å². The summed E-state index contributed by atoms with van der Waals surface area (Å²) in [5.41, 5.74) is 4.59. The Bertz CT molecular complexity index is 954. The minimum absolute atomic E-state index is 0.0859. The molecular weight excluding hydrogens is 370 g/mol. The Hall–Kier alpha value is -2.94. The number of allylic oxidation sites excluding steroid dienone is 1. The maximum absolute atomic E-state index is 11.9. The third-order valence-electron chi connectivity index (χ3n) is 5.59. The van der Waals surface area contributed by atoms with Gasteiger partial charge >= 0.3 is 0 Å². The van der Waals surface area contributed by atoms with Gasteiger partial charge in [0.25, 0.3) is 0 Å². The molecule has 1 heterocycles. The van der Waals surface area contributed by atoms with Gasteiger partial charge in [0.1, 0.15) is 11.5 Å². The van der Waals surface area contributed by atoms with Gasteiger partial charge in [-0.3, -0.25) is 4.79 Å². The minimum atomic E-state index is 0.0859. The third kappa shape index (κ3) is 6.03. The standard InChI is InChI=1S/C27H31NO2/c1-4-5-11-25(20(2)29)19-23-17-15-22(16-18-23)10-9-14-26-21(3)30-27(28-26)24-12-7-6-8-13-24/h4,6-8,12-13,15-18,25H,1,5,9-11,14,19H2,2-3H3. The second-order valence-corrected chi connectivity index (χ2v) is 7.94. The number of hydrogen-bond acceptors (Lipinski definition) is 3. The zero-order valence-corrected chi connectivity index (χ0v) is 18.1. The van der Waals surface area contributed by atoms with Crippen molar-refractivity contribution in [3.63, 3.8) is 0 Å². The Morgan fingerprint density at radius 3 is 2.43 bits per heavy atom. The molecule has 156 valence electrons. The zero-order valence-electron chi connectivity index (χ0n) is 18.1. The second kappa shape index (κ2) is 10.7. The summed E-state index contributed by atoms with van der Waals surface area (Å²) in [5.74, 6) is 1.95. The van der Waals surface area contributed by atoms with E-state index in [0.717, 1.165) is 55.5 Å². The Morgan fingerprint density at radius 2 is 1.77 bits per heavy atom.